The summed E-state index contributed by atoms with van der Waals surface area (Å²) in [6, 6.07) is 3.45. The summed E-state index contributed by atoms with van der Waals surface area (Å²) in [5, 5.41) is 2.22. The average Bonchev–Trinajstić information content (AvgIpc) is 2.69. The Kier molecular flexibility index (Phi) is 5.57. The number of thiophene rings is 1. The number of ether oxygens (including phenoxy) is 2. The minimum absolute atomic E-state index is 0.109. The largest absolute Gasteiger partial charge is 0.439 e. The molecule has 0 spiro atoms. The van der Waals surface area contributed by atoms with E-state index in [1.54, 1.807) is 12.1 Å². The summed E-state index contributed by atoms with van der Waals surface area (Å²) in [5.74, 6) is 0. The van der Waals surface area contributed by atoms with E-state index in [0.29, 0.717) is 4.88 Å². The highest BCUT2D eigenvalue weighted by molar-refractivity contribution is 9.11. The van der Waals surface area contributed by atoms with Crippen LogP contribution in [0.5, 0.6) is 0 Å². The molecule has 104 valence electrons. The second kappa shape index (κ2) is 6.95. The van der Waals surface area contributed by atoms with Crippen molar-refractivity contribution in [1.82, 2.24) is 5.32 Å². The van der Waals surface area contributed by atoms with Crippen LogP contribution < -0.4 is 16.8 Å². The first-order valence-corrected chi connectivity index (χ1v) is 6.46. The van der Waals surface area contributed by atoms with Crippen molar-refractivity contribution in [3.05, 3.63) is 20.8 Å². The monoisotopic (exact) mass is 351 g/mol. The van der Waals surface area contributed by atoms with Crippen molar-refractivity contribution >= 4 is 45.5 Å². The van der Waals surface area contributed by atoms with Gasteiger partial charge in [0, 0.05) is 4.88 Å². The van der Waals surface area contributed by atoms with Crippen LogP contribution in [0, 0.1) is 0 Å². The molecule has 1 rings (SSSR count). The Morgan fingerprint density at radius 2 is 2.00 bits per heavy atom. The van der Waals surface area contributed by atoms with Gasteiger partial charge >= 0.3 is 18.3 Å². The third-order valence-corrected chi connectivity index (χ3v) is 3.51. The fraction of sp³-hybridized carbons (Fsp3) is 0.222. The van der Waals surface area contributed by atoms with E-state index in [-0.39, 0.29) is 6.54 Å². The number of primary amides is 2. The number of hydrogen-bond acceptors (Lipinski definition) is 6. The Balaban J connectivity index is 2.63. The summed E-state index contributed by atoms with van der Waals surface area (Å²) in [4.78, 5) is 32.8. The lowest BCUT2D eigenvalue weighted by molar-refractivity contribution is 0.104. The minimum atomic E-state index is -1.23. The summed E-state index contributed by atoms with van der Waals surface area (Å²) in [6.45, 7) is -0.109. The van der Waals surface area contributed by atoms with Crippen molar-refractivity contribution in [2.45, 2.75) is 6.10 Å². The van der Waals surface area contributed by atoms with E-state index < -0.39 is 24.4 Å². The third kappa shape index (κ3) is 5.57. The smallest absolute Gasteiger partial charge is 0.416 e. The van der Waals surface area contributed by atoms with E-state index in [1.807, 2.05) is 0 Å². The van der Waals surface area contributed by atoms with Gasteiger partial charge in [-0.05, 0) is 28.1 Å². The van der Waals surface area contributed by atoms with E-state index in [9.17, 15) is 14.4 Å². The maximum absolute atomic E-state index is 11.1. The molecule has 0 saturated carbocycles. The minimum Gasteiger partial charge on any atom is -0.439 e. The molecule has 3 amide bonds. The Bertz CT molecular complexity index is 492. The third-order valence-electron chi connectivity index (χ3n) is 1.79. The number of nitrogens with two attached hydrogens (primary N) is 2. The molecule has 8 nitrogen and oxygen atoms in total. The maximum atomic E-state index is 11.1. The molecule has 0 aliphatic rings. The van der Waals surface area contributed by atoms with Crippen molar-refractivity contribution in [2.24, 2.45) is 11.5 Å². The average molecular weight is 352 g/mol. The number of alkyl carbamates (subject to hydrolysis) is 1. The van der Waals surface area contributed by atoms with Crippen LogP contribution in [-0.4, -0.2) is 24.8 Å². The lowest BCUT2D eigenvalue weighted by atomic mass is 10.3. The molecule has 0 aliphatic heterocycles. The molecule has 0 radical (unpaired) electrons. The number of carbonyl (C=O) groups excluding carboxylic acids is 3. The molecule has 1 aromatic rings. The standard InChI is InChI=1S/C9H10BrN3O5S/c10-6-2-1-5(19-6)4(17-7(11)14)3-13-9(16)18-8(12)15/h1-2,4H,3H2,(H2,11,14)(H2,12,15)(H,13,16)/t4-/m1/s1. The van der Waals surface area contributed by atoms with Crippen LogP contribution >= 0.6 is 27.3 Å². The van der Waals surface area contributed by atoms with Gasteiger partial charge in [-0.3, -0.25) is 0 Å². The Labute approximate surface area is 120 Å². The van der Waals surface area contributed by atoms with Gasteiger partial charge in [-0.1, -0.05) is 0 Å². The number of carbonyl (C=O) groups is 3. The molecule has 5 N–H and O–H groups in total. The summed E-state index contributed by atoms with van der Waals surface area (Å²) in [5.41, 5.74) is 9.60. The molecule has 1 heterocycles. The van der Waals surface area contributed by atoms with Crippen molar-refractivity contribution in [2.75, 3.05) is 6.54 Å². The van der Waals surface area contributed by atoms with Crippen molar-refractivity contribution in [3.8, 4) is 0 Å². The van der Waals surface area contributed by atoms with E-state index in [4.69, 9.17) is 10.5 Å². The Hall–Kier alpha value is -1.81. The zero-order chi connectivity index (χ0) is 14.4. The van der Waals surface area contributed by atoms with Crippen molar-refractivity contribution < 1.29 is 23.9 Å². The van der Waals surface area contributed by atoms with Gasteiger partial charge in [0.1, 0.15) is 0 Å². The molecule has 10 heteroatoms. The van der Waals surface area contributed by atoms with Gasteiger partial charge in [-0.15, -0.1) is 11.3 Å². The SMILES string of the molecule is NC(=O)OC(=O)NC[C@@H](OC(N)=O)c1ccc(Br)s1. The van der Waals surface area contributed by atoms with Crippen LogP contribution in [0.15, 0.2) is 15.9 Å². The second-order valence-corrected chi connectivity index (χ2v) is 5.65. The normalized spacial score (nSPS) is 11.4. The predicted molar refractivity (Wildman–Crippen MR) is 69.5 cm³/mol. The molecule has 19 heavy (non-hydrogen) atoms. The zero-order valence-corrected chi connectivity index (χ0v) is 11.8. The highest BCUT2D eigenvalue weighted by atomic mass is 79.9. The lowest BCUT2D eigenvalue weighted by Gasteiger charge is -2.15. The number of rotatable bonds is 4. The van der Waals surface area contributed by atoms with E-state index >= 15 is 0 Å². The van der Waals surface area contributed by atoms with Gasteiger partial charge in [-0.25, -0.2) is 14.4 Å². The number of hydrogen-bond donors (Lipinski definition) is 3. The quantitative estimate of drug-likeness (QED) is 0.705. The zero-order valence-electron chi connectivity index (χ0n) is 9.42. The van der Waals surface area contributed by atoms with Crippen LogP contribution in [-0.2, 0) is 9.47 Å². The molecule has 0 fully saturated rings. The first-order valence-electron chi connectivity index (χ1n) is 4.85. The van der Waals surface area contributed by atoms with E-state index in [1.165, 1.54) is 11.3 Å². The molecule has 0 unspecified atom stereocenters. The van der Waals surface area contributed by atoms with Gasteiger partial charge in [0.15, 0.2) is 6.10 Å². The van der Waals surface area contributed by atoms with Gasteiger partial charge in [-0.2, -0.15) is 0 Å². The number of nitrogens with one attached hydrogen (secondary N) is 1. The molecule has 1 aromatic heterocycles. The Morgan fingerprint density at radius 1 is 1.32 bits per heavy atom. The van der Waals surface area contributed by atoms with Crippen LogP contribution in [0.4, 0.5) is 14.4 Å². The van der Waals surface area contributed by atoms with Gasteiger partial charge in [0.2, 0.25) is 0 Å². The van der Waals surface area contributed by atoms with Crippen LogP contribution in [0.25, 0.3) is 0 Å². The van der Waals surface area contributed by atoms with Gasteiger partial charge < -0.3 is 26.3 Å². The van der Waals surface area contributed by atoms with Crippen molar-refractivity contribution in [3.63, 3.8) is 0 Å². The van der Waals surface area contributed by atoms with Gasteiger partial charge in [0.05, 0.1) is 10.3 Å². The molecule has 0 bridgehead atoms. The Morgan fingerprint density at radius 3 is 2.47 bits per heavy atom. The van der Waals surface area contributed by atoms with E-state index in [0.717, 1.165) is 3.79 Å². The summed E-state index contributed by atoms with van der Waals surface area (Å²) in [7, 11) is 0. The molecule has 1 atom stereocenters. The first kappa shape index (κ1) is 15.2. The van der Waals surface area contributed by atoms with Gasteiger partial charge in [0.25, 0.3) is 0 Å². The molecule has 0 aromatic carbocycles. The predicted octanol–water partition coefficient (Wildman–Crippen LogP) is 1.45. The fourth-order valence-corrected chi connectivity index (χ4v) is 2.60. The molecule has 0 aliphatic carbocycles. The van der Waals surface area contributed by atoms with Crippen LogP contribution in [0.3, 0.4) is 0 Å². The second-order valence-electron chi connectivity index (χ2n) is 3.16. The molecular formula is C9H10BrN3O5S. The lowest BCUT2D eigenvalue weighted by Crippen LogP contribution is -2.34. The highest BCUT2D eigenvalue weighted by Gasteiger charge is 2.19. The van der Waals surface area contributed by atoms with E-state index in [2.05, 4.69) is 31.7 Å². The maximum Gasteiger partial charge on any atom is 0.416 e. The fourth-order valence-electron chi connectivity index (χ4n) is 1.15. The molecule has 0 saturated heterocycles. The van der Waals surface area contributed by atoms with Crippen LogP contribution in [0.2, 0.25) is 0 Å². The summed E-state index contributed by atoms with van der Waals surface area (Å²) in [6.07, 6.45) is -4.04. The summed E-state index contributed by atoms with van der Waals surface area (Å²) < 4.78 is 9.72. The van der Waals surface area contributed by atoms with Crippen molar-refractivity contribution in [1.29, 1.82) is 0 Å². The summed E-state index contributed by atoms with van der Waals surface area (Å²) >= 11 is 4.56. The highest BCUT2D eigenvalue weighted by Crippen LogP contribution is 2.29. The van der Waals surface area contributed by atoms with Crippen LogP contribution in [0.1, 0.15) is 11.0 Å². The number of halogens is 1. The number of amides is 3. The molecular weight excluding hydrogens is 342 g/mol. The topological polar surface area (TPSA) is 134 Å². The first-order chi connectivity index (χ1) is 8.88.